The van der Waals surface area contributed by atoms with Gasteiger partial charge in [0.1, 0.15) is 11.9 Å². The lowest BCUT2D eigenvalue weighted by Gasteiger charge is -2.28. The van der Waals surface area contributed by atoms with Crippen LogP contribution in [-0.4, -0.2) is 0 Å². The largest absolute Gasteiger partial charge is 0.408 e. The second-order valence-corrected chi connectivity index (χ2v) is 5.30. The molecular weight excluding hydrogens is 220 g/mol. The molecule has 1 heteroatoms. The zero-order valence-corrected chi connectivity index (χ0v) is 11.2. The van der Waals surface area contributed by atoms with E-state index in [4.69, 9.17) is 11.2 Å². The van der Waals surface area contributed by atoms with E-state index in [1.54, 1.807) is 0 Å². The second kappa shape index (κ2) is 6.50. The van der Waals surface area contributed by atoms with Crippen molar-refractivity contribution in [1.29, 1.82) is 0 Å². The Morgan fingerprint density at radius 3 is 2.39 bits per heavy atom. The smallest absolute Gasteiger partial charge is 0.140 e. The lowest BCUT2D eigenvalue weighted by molar-refractivity contribution is 0.308. The summed E-state index contributed by atoms with van der Waals surface area (Å²) >= 11 is 0. The van der Waals surface area contributed by atoms with Gasteiger partial charge >= 0.3 is 0 Å². The van der Waals surface area contributed by atoms with Crippen LogP contribution in [0.25, 0.3) is 0 Å². The van der Waals surface area contributed by atoms with Crippen molar-refractivity contribution in [3.05, 3.63) is 29.8 Å². The molecular formula is C17H22O. The molecule has 18 heavy (non-hydrogen) atoms. The number of rotatable bonds is 4. The predicted molar refractivity (Wildman–Crippen MR) is 75.5 cm³/mol. The molecule has 1 aromatic carbocycles. The van der Waals surface area contributed by atoms with E-state index in [-0.39, 0.29) is 0 Å². The normalized spacial score (nSPS) is 23.3. The summed E-state index contributed by atoms with van der Waals surface area (Å²) in [5.41, 5.74) is 1.44. The van der Waals surface area contributed by atoms with E-state index in [1.165, 1.54) is 44.1 Å². The van der Waals surface area contributed by atoms with Gasteiger partial charge in [-0.3, -0.25) is 0 Å². The van der Waals surface area contributed by atoms with Crippen LogP contribution in [0.4, 0.5) is 0 Å². The van der Waals surface area contributed by atoms with Gasteiger partial charge in [0, 0.05) is 0 Å². The Labute approximate surface area is 111 Å². The molecule has 0 aliphatic heterocycles. The van der Waals surface area contributed by atoms with Crippen LogP contribution in [0, 0.1) is 18.4 Å². The van der Waals surface area contributed by atoms with Crippen LogP contribution < -0.4 is 4.74 Å². The van der Waals surface area contributed by atoms with Crippen LogP contribution in [0.1, 0.15) is 56.9 Å². The highest BCUT2D eigenvalue weighted by Gasteiger charge is 2.21. The average Bonchev–Trinajstić information content (AvgIpc) is 2.41. The van der Waals surface area contributed by atoms with Crippen molar-refractivity contribution in [2.24, 2.45) is 5.92 Å². The van der Waals surface area contributed by atoms with E-state index in [0.29, 0.717) is 0 Å². The van der Waals surface area contributed by atoms with Gasteiger partial charge in [0.2, 0.25) is 0 Å². The van der Waals surface area contributed by atoms with Gasteiger partial charge in [0.25, 0.3) is 0 Å². The van der Waals surface area contributed by atoms with Gasteiger partial charge in [-0.15, -0.1) is 0 Å². The molecule has 0 unspecified atom stereocenters. The first kappa shape index (κ1) is 13.0. The zero-order valence-electron chi connectivity index (χ0n) is 11.2. The molecule has 0 atom stereocenters. The number of hydrogen-bond donors (Lipinski definition) is 0. The molecule has 0 heterocycles. The van der Waals surface area contributed by atoms with Crippen molar-refractivity contribution >= 4 is 0 Å². The maximum atomic E-state index is 5.11. The molecule has 96 valence electrons. The maximum absolute atomic E-state index is 5.11. The monoisotopic (exact) mass is 242 g/mol. The summed E-state index contributed by atoms with van der Waals surface area (Å²) in [5.74, 6) is 2.47. The third-order valence-corrected chi connectivity index (χ3v) is 4.07. The fourth-order valence-corrected chi connectivity index (χ4v) is 3.07. The van der Waals surface area contributed by atoms with Crippen LogP contribution in [0.5, 0.6) is 5.75 Å². The third kappa shape index (κ3) is 3.29. The molecule has 1 aliphatic rings. The summed E-state index contributed by atoms with van der Waals surface area (Å²) in [7, 11) is 0. The Bertz CT molecular complexity index is 391. The van der Waals surface area contributed by atoms with Crippen LogP contribution in [-0.2, 0) is 0 Å². The molecule has 1 nitrogen and oxygen atoms in total. The summed E-state index contributed by atoms with van der Waals surface area (Å²) in [5, 5.41) is 0. The molecule has 1 aliphatic carbocycles. The minimum Gasteiger partial charge on any atom is -0.408 e. The number of terminal acetylenes is 1. The first-order chi connectivity index (χ1) is 8.83. The van der Waals surface area contributed by atoms with Crippen LogP contribution in [0.3, 0.4) is 0 Å². The Hall–Kier alpha value is -1.42. The van der Waals surface area contributed by atoms with Gasteiger partial charge in [-0.1, -0.05) is 38.3 Å². The lowest BCUT2D eigenvalue weighted by Crippen LogP contribution is -2.13. The minimum absolute atomic E-state index is 0.734. The van der Waals surface area contributed by atoms with Crippen LogP contribution in [0.15, 0.2) is 24.3 Å². The third-order valence-electron chi connectivity index (χ3n) is 4.07. The molecule has 1 aromatic rings. The number of hydrogen-bond acceptors (Lipinski definition) is 1. The molecule has 0 radical (unpaired) electrons. The maximum Gasteiger partial charge on any atom is 0.140 e. The molecule has 1 saturated carbocycles. The van der Waals surface area contributed by atoms with E-state index in [2.05, 4.69) is 25.2 Å². The van der Waals surface area contributed by atoms with Crippen molar-refractivity contribution in [3.63, 3.8) is 0 Å². The van der Waals surface area contributed by atoms with Crippen LogP contribution >= 0.6 is 0 Å². The highest BCUT2D eigenvalue weighted by molar-refractivity contribution is 5.30. The molecule has 0 N–H and O–H groups in total. The van der Waals surface area contributed by atoms with Crippen molar-refractivity contribution in [2.45, 2.75) is 51.4 Å². The van der Waals surface area contributed by atoms with Crippen molar-refractivity contribution in [3.8, 4) is 18.3 Å². The van der Waals surface area contributed by atoms with E-state index in [9.17, 15) is 0 Å². The molecule has 0 aromatic heterocycles. The predicted octanol–water partition coefficient (Wildman–Crippen LogP) is 4.73. The minimum atomic E-state index is 0.734. The summed E-state index contributed by atoms with van der Waals surface area (Å²) in [4.78, 5) is 0. The quantitative estimate of drug-likeness (QED) is 0.693. The molecule has 1 fully saturated rings. The second-order valence-electron chi connectivity index (χ2n) is 5.30. The Kier molecular flexibility index (Phi) is 4.70. The van der Waals surface area contributed by atoms with Crippen molar-refractivity contribution in [2.75, 3.05) is 0 Å². The number of ether oxygens (including phenoxy) is 1. The van der Waals surface area contributed by atoms with E-state index in [1.807, 2.05) is 12.1 Å². The summed E-state index contributed by atoms with van der Waals surface area (Å²) in [6.07, 6.45) is 15.5. The average molecular weight is 242 g/mol. The van der Waals surface area contributed by atoms with E-state index in [0.717, 1.165) is 17.6 Å². The summed E-state index contributed by atoms with van der Waals surface area (Å²) in [6.45, 7) is 2.29. The van der Waals surface area contributed by atoms with Gasteiger partial charge in [-0.2, -0.15) is 0 Å². The first-order valence-corrected chi connectivity index (χ1v) is 7.06. The van der Waals surface area contributed by atoms with Gasteiger partial charge in [-0.05, 0) is 55.2 Å². The molecule has 0 bridgehead atoms. The van der Waals surface area contributed by atoms with E-state index >= 15 is 0 Å². The summed E-state index contributed by atoms with van der Waals surface area (Å²) < 4.78 is 5.02. The van der Waals surface area contributed by atoms with Gasteiger partial charge in [0.05, 0.1) is 0 Å². The van der Waals surface area contributed by atoms with Gasteiger partial charge in [0.15, 0.2) is 0 Å². The Morgan fingerprint density at radius 2 is 1.83 bits per heavy atom. The number of benzene rings is 1. The molecule has 0 saturated heterocycles. The zero-order chi connectivity index (χ0) is 12.8. The first-order valence-electron chi connectivity index (χ1n) is 7.06. The fraction of sp³-hybridized carbons (Fsp3) is 0.529. The molecule has 2 rings (SSSR count). The Balaban J connectivity index is 1.91. The lowest BCUT2D eigenvalue weighted by atomic mass is 9.77. The highest BCUT2D eigenvalue weighted by atomic mass is 16.5. The Morgan fingerprint density at radius 1 is 1.17 bits per heavy atom. The van der Waals surface area contributed by atoms with Gasteiger partial charge < -0.3 is 4.74 Å². The molecule has 0 spiro atoms. The molecule has 0 amide bonds. The highest BCUT2D eigenvalue weighted by Crippen LogP contribution is 2.37. The van der Waals surface area contributed by atoms with Crippen molar-refractivity contribution < 1.29 is 4.74 Å². The topological polar surface area (TPSA) is 9.23 Å². The SMILES string of the molecule is C#COc1ccc(C2CCC(CCC)CC2)cc1. The summed E-state index contributed by atoms with van der Waals surface area (Å²) in [6, 6.07) is 8.29. The van der Waals surface area contributed by atoms with Gasteiger partial charge in [-0.25, -0.2) is 0 Å². The van der Waals surface area contributed by atoms with Crippen LogP contribution in [0.2, 0.25) is 0 Å². The van der Waals surface area contributed by atoms with Crippen molar-refractivity contribution in [1.82, 2.24) is 0 Å². The fourth-order valence-electron chi connectivity index (χ4n) is 3.07. The standard InChI is InChI=1S/C17H22O/c1-3-5-14-6-8-15(9-7-14)16-10-12-17(13-11-16)18-4-2/h2,10-15H,3,5-9H2,1H3. The van der Waals surface area contributed by atoms with E-state index < -0.39 is 0 Å².